The molecule has 2 N–H and O–H groups in total. The fraction of sp³-hybridized carbons (Fsp3) is 0.500. The average Bonchev–Trinajstić information content (AvgIpc) is 3.29. The lowest BCUT2D eigenvalue weighted by Gasteiger charge is -2.20. The van der Waals surface area contributed by atoms with Crippen molar-refractivity contribution >= 4 is 45.9 Å². The van der Waals surface area contributed by atoms with E-state index in [1.54, 1.807) is 7.05 Å². The number of hydrogen-bond acceptors (Lipinski definition) is 4. The lowest BCUT2D eigenvalue weighted by molar-refractivity contribution is 0.372. The first-order chi connectivity index (χ1) is 12.1. The molecule has 1 aliphatic carbocycles. The lowest BCUT2D eigenvalue weighted by atomic mass is 9.96. The van der Waals surface area contributed by atoms with Gasteiger partial charge in [0.15, 0.2) is 11.8 Å². The molecule has 1 heterocycles. The zero-order chi connectivity index (χ0) is 17.7. The van der Waals surface area contributed by atoms with Gasteiger partial charge in [-0.3, -0.25) is 4.99 Å². The van der Waals surface area contributed by atoms with E-state index in [0.29, 0.717) is 11.7 Å². The van der Waals surface area contributed by atoms with E-state index in [2.05, 4.69) is 66.0 Å². The van der Waals surface area contributed by atoms with Crippen LogP contribution in [0.4, 0.5) is 0 Å². The maximum absolute atomic E-state index is 5.12. The quantitative estimate of drug-likeness (QED) is 0.246. The second kappa shape index (κ2) is 9.68. The smallest absolute Gasteiger partial charge is 0.226 e. The van der Waals surface area contributed by atoms with E-state index in [1.807, 2.05) is 6.92 Å². The van der Waals surface area contributed by atoms with Crippen LogP contribution in [0.5, 0.6) is 0 Å². The Hall–Kier alpha value is -1.16. The van der Waals surface area contributed by atoms with Gasteiger partial charge >= 0.3 is 0 Å². The minimum absolute atomic E-state index is 0. The summed E-state index contributed by atoms with van der Waals surface area (Å²) in [6.07, 6.45) is 4.09. The SMILES string of the molecule is CN=C(NCCCc1nc(C)no1)NCC1(c2ccccc2Br)CC1.I. The predicted octanol–water partition coefficient (Wildman–Crippen LogP) is 3.59. The predicted molar refractivity (Wildman–Crippen MR) is 117 cm³/mol. The Labute approximate surface area is 179 Å². The summed E-state index contributed by atoms with van der Waals surface area (Å²) in [7, 11) is 1.80. The van der Waals surface area contributed by atoms with Crippen molar-refractivity contribution < 1.29 is 4.52 Å². The molecule has 6 nitrogen and oxygen atoms in total. The molecule has 1 saturated carbocycles. The molecule has 0 bridgehead atoms. The number of halogens is 2. The summed E-state index contributed by atoms with van der Waals surface area (Å²) in [4.78, 5) is 8.53. The molecule has 0 saturated heterocycles. The van der Waals surface area contributed by atoms with Crippen LogP contribution < -0.4 is 10.6 Å². The van der Waals surface area contributed by atoms with E-state index in [-0.39, 0.29) is 29.4 Å². The van der Waals surface area contributed by atoms with Crippen molar-refractivity contribution in [2.75, 3.05) is 20.1 Å². The van der Waals surface area contributed by atoms with Gasteiger partial charge in [-0.2, -0.15) is 4.98 Å². The highest BCUT2D eigenvalue weighted by Gasteiger charge is 2.45. The van der Waals surface area contributed by atoms with Gasteiger partial charge < -0.3 is 15.2 Å². The van der Waals surface area contributed by atoms with Gasteiger partial charge in [-0.25, -0.2) is 0 Å². The number of rotatable bonds is 7. The van der Waals surface area contributed by atoms with Crippen molar-refractivity contribution in [2.24, 2.45) is 4.99 Å². The molecule has 1 aliphatic rings. The molecular formula is C18H25BrIN5O. The standard InChI is InChI=1S/C18H24BrN5O.HI/c1-13-23-16(25-24-13)8-5-11-21-17(20-2)22-12-18(9-10-18)14-6-3-4-7-15(14)19;/h3-4,6-7H,5,8-12H2,1-2H3,(H2,20,21,22);1H. The van der Waals surface area contributed by atoms with Crippen molar-refractivity contribution in [3.05, 3.63) is 46.0 Å². The summed E-state index contributed by atoms with van der Waals surface area (Å²) in [6.45, 7) is 3.52. The molecule has 0 amide bonds. The van der Waals surface area contributed by atoms with Gasteiger partial charge in [-0.1, -0.05) is 39.3 Å². The van der Waals surface area contributed by atoms with Crippen molar-refractivity contribution in [1.29, 1.82) is 0 Å². The minimum atomic E-state index is 0. The third kappa shape index (κ3) is 5.42. The van der Waals surface area contributed by atoms with E-state index in [0.717, 1.165) is 31.9 Å². The van der Waals surface area contributed by atoms with Crippen molar-refractivity contribution in [2.45, 2.75) is 38.0 Å². The fourth-order valence-corrected chi connectivity index (χ4v) is 3.65. The second-order valence-corrected chi connectivity index (χ2v) is 7.31. The number of aromatic nitrogens is 2. The molecule has 1 aromatic carbocycles. The maximum Gasteiger partial charge on any atom is 0.226 e. The van der Waals surface area contributed by atoms with Gasteiger partial charge in [0.2, 0.25) is 5.89 Å². The van der Waals surface area contributed by atoms with Crippen LogP contribution in [-0.2, 0) is 11.8 Å². The van der Waals surface area contributed by atoms with Gasteiger partial charge in [0.25, 0.3) is 0 Å². The molecule has 3 rings (SSSR count). The van der Waals surface area contributed by atoms with E-state index < -0.39 is 0 Å². The van der Waals surface area contributed by atoms with Gasteiger partial charge in [0.05, 0.1) is 0 Å². The van der Waals surface area contributed by atoms with Crippen LogP contribution in [0.15, 0.2) is 38.3 Å². The van der Waals surface area contributed by atoms with Crippen LogP contribution >= 0.6 is 39.9 Å². The van der Waals surface area contributed by atoms with E-state index >= 15 is 0 Å². The lowest BCUT2D eigenvalue weighted by Crippen LogP contribution is -2.41. The molecule has 142 valence electrons. The zero-order valence-electron chi connectivity index (χ0n) is 15.1. The van der Waals surface area contributed by atoms with Crippen molar-refractivity contribution in [3.8, 4) is 0 Å². The first-order valence-electron chi connectivity index (χ1n) is 8.62. The molecule has 0 radical (unpaired) electrons. The number of hydrogen-bond donors (Lipinski definition) is 2. The zero-order valence-corrected chi connectivity index (χ0v) is 19.0. The summed E-state index contributed by atoms with van der Waals surface area (Å²) in [5, 5.41) is 10.6. The summed E-state index contributed by atoms with van der Waals surface area (Å²) in [5.41, 5.74) is 1.60. The summed E-state index contributed by atoms with van der Waals surface area (Å²) < 4.78 is 6.31. The molecule has 0 atom stereocenters. The highest BCUT2D eigenvalue weighted by molar-refractivity contribution is 14.0. The summed E-state index contributed by atoms with van der Waals surface area (Å²) in [6, 6.07) is 8.48. The summed E-state index contributed by atoms with van der Waals surface area (Å²) >= 11 is 3.68. The van der Waals surface area contributed by atoms with Crippen molar-refractivity contribution in [1.82, 2.24) is 20.8 Å². The first kappa shape index (κ1) is 21.1. The number of guanidine groups is 1. The van der Waals surface area contributed by atoms with E-state index in [9.17, 15) is 0 Å². The third-order valence-corrected chi connectivity index (χ3v) is 5.24. The number of benzene rings is 1. The van der Waals surface area contributed by atoms with Crippen molar-refractivity contribution in [3.63, 3.8) is 0 Å². The van der Waals surface area contributed by atoms with Gasteiger partial charge in [-0.15, -0.1) is 24.0 Å². The Balaban J connectivity index is 0.00000243. The van der Waals surface area contributed by atoms with Gasteiger partial charge in [-0.05, 0) is 37.8 Å². The third-order valence-electron chi connectivity index (χ3n) is 4.55. The number of nitrogens with one attached hydrogen (secondary N) is 2. The van der Waals surface area contributed by atoms with Crippen LogP contribution in [0, 0.1) is 6.92 Å². The van der Waals surface area contributed by atoms with E-state index in [4.69, 9.17) is 4.52 Å². The van der Waals surface area contributed by atoms with Crippen LogP contribution in [0.3, 0.4) is 0 Å². The Kier molecular flexibility index (Phi) is 7.87. The number of aliphatic imine (C=N–C) groups is 1. The maximum atomic E-state index is 5.12. The Morgan fingerprint density at radius 1 is 1.31 bits per heavy atom. The normalized spacial score (nSPS) is 15.3. The van der Waals surface area contributed by atoms with Crippen LogP contribution in [-0.4, -0.2) is 36.2 Å². The van der Waals surface area contributed by atoms with Gasteiger partial charge in [0, 0.05) is 36.4 Å². The first-order valence-corrected chi connectivity index (χ1v) is 9.41. The van der Waals surface area contributed by atoms with E-state index in [1.165, 1.54) is 22.9 Å². The topological polar surface area (TPSA) is 75.3 Å². The highest BCUT2D eigenvalue weighted by Crippen LogP contribution is 2.49. The minimum Gasteiger partial charge on any atom is -0.356 e. The fourth-order valence-electron chi connectivity index (χ4n) is 2.95. The highest BCUT2D eigenvalue weighted by atomic mass is 127. The monoisotopic (exact) mass is 533 g/mol. The average molecular weight is 534 g/mol. The second-order valence-electron chi connectivity index (χ2n) is 6.45. The Morgan fingerprint density at radius 3 is 2.69 bits per heavy atom. The number of nitrogens with zero attached hydrogens (tertiary/aromatic N) is 3. The van der Waals surface area contributed by atoms with Crippen LogP contribution in [0.2, 0.25) is 0 Å². The van der Waals surface area contributed by atoms with Crippen LogP contribution in [0.1, 0.15) is 36.5 Å². The molecule has 0 unspecified atom stereocenters. The molecule has 2 aromatic rings. The molecule has 8 heteroatoms. The molecule has 1 fully saturated rings. The molecule has 0 aliphatic heterocycles. The van der Waals surface area contributed by atoms with Crippen LogP contribution in [0.25, 0.3) is 0 Å². The summed E-state index contributed by atoms with van der Waals surface area (Å²) in [5.74, 6) is 2.20. The Morgan fingerprint density at radius 2 is 2.08 bits per heavy atom. The molecular weight excluding hydrogens is 509 g/mol. The van der Waals surface area contributed by atoms with Gasteiger partial charge in [0.1, 0.15) is 0 Å². The molecule has 0 spiro atoms. The Bertz CT molecular complexity index is 745. The molecule has 26 heavy (non-hydrogen) atoms. The molecule has 1 aromatic heterocycles. The largest absolute Gasteiger partial charge is 0.356 e. The number of aryl methyl sites for hydroxylation is 2.